The van der Waals surface area contributed by atoms with Crippen LogP contribution in [0.25, 0.3) is 0 Å². The summed E-state index contributed by atoms with van der Waals surface area (Å²) in [5.41, 5.74) is 0.343. The number of hydrogen-bond acceptors (Lipinski definition) is 2. The zero-order valence-corrected chi connectivity index (χ0v) is 11.8. The van der Waals surface area contributed by atoms with Crippen molar-refractivity contribution in [1.29, 1.82) is 0 Å². The number of amides is 1. The predicted octanol–water partition coefficient (Wildman–Crippen LogP) is 1.41. The van der Waals surface area contributed by atoms with Crippen molar-refractivity contribution in [2.75, 3.05) is 0 Å². The standard InChI is InChI=1S/C15H21N3O2/c1-18-14(20)11(8-16-18)13(19)17-12-10-5-9-3-2-4-15(12,6-9)7-10/h8-10,12,16H,2-7H2,1H3,(H,17,19). The summed E-state index contributed by atoms with van der Waals surface area (Å²) in [6, 6.07) is 0.297. The lowest BCUT2D eigenvalue weighted by Crippen LogP contribution is -2.66. The van der Waals surface area contributed by atoms with Crippen LogP contribution in [0.3, 0.4) is 0 Å². The number of carbonyl (C=O) groups is 1. The van der Waals surface area contributed by atoms with Crippen LogP contribution in [0.5, 0.6) is 0 Å². The molecule has 4 aliphatic rings. The summed E-state index contributed by atoms with van der Waals surface area (Å²) in [5.74, 6) is 1.32. The molecule has 108 valence electrons. The van der Waals surface area contributed by atoms with Gasteiger partial charge in [-0.2, -0.15) is 0 Å². The van der Waals surface area contributed by atoms with E-state index in [2.05, 4.69) is 10.4 Å². The van der Waals surface area contributed by atoms with Crippen molar-refractivity contribution in [3.8, 4) is 0 Å². The first-order chi connectivity index (χ1) is 9.59. The van der Waals surface area contributed by atoms with Gasteiger partial charge in [-0.25, -0.2) is 0 Å². The van der Waals surface area contributed by atoms with Crippen LogP contribution >= 0.6 is 0 Å². The minimum absolute atomic E-state index is 0.204. The van der Waals surface area contributed by atoms with Crippen LogP contribution in [-0.4, -0.2) is 21.7 Å². The number of aryl methyl sites for hydroxylation is 1. The van der Waals surface area contributed by atoms with Gasteiger partial charge in [-0.15, -0.1) is 0 Å². The molecule has 4 atom stereocenters. The lowest BCUT2D eigenvalue weighted by molar-refractivity contribution is -0.108. The summed E-state index contributed by atoms with van der Waals surface area (Å²) in [6.45, 7) is 0. The van der Waals surface area contributed by atoms with Crippen LogP contribution in [0.1, 0.15) is 48.9 Å². The molecule has 0 saturated heterocycles. The monoisotopic (exact) mass is 275 g/mol. The SMILES string of the molecule is Cn1[nH]cc(C(=O)NC2C3CC4CCCC2(C4)C3)c1=O. The topological polar surface area (TPSA) is 66.9 Å². The molecular weight excluding hydrogens is 254 g/mol. The fourth-order valence-corrected chi connectivity index (χ4v) is 5.06. The Bertz CT molecular complexity index is 611. The lowest BCUT2D eigenvalue weighted by atomic mass is 9.44. The zero-order valence-electron chi connectivity index (χ0n) is 11.8. The van der Waals surface area contributed by atoms with Gasteiger partial charge >= 0.3 is 0 Å². The van der Waals surface area contributed by atoms with Crippen molar-refractivity contribution in [2.45, 2.75) is 44.6 Å². The predicted molar refractivity (Wildman–Crippen MR) is 74.4 cm³/mol. The van der Waals surface area contributed by atoms with E-state index in [0.717, 1.165) is 5.92 Å². The summed E-state index contributed by atoms with van der Waals surface area (Å²) < 4.78 is 1.34. The molecule has 1 spiro atoms. The van der Waals surface area contributed by atoms with E-state index < -0.39 is 0 Å². The molecule has 0 radical (unpaired) electrons. The molecule has 1 aromatic heterocycles. The molecule has 20 heavy (non-hydrogen) atoms. The molecule has 1 heterocycles. The number of nitrogens with one attached hydrogen (secondary N) is 2. The van der Waals surface area contributed by atoms with Gasteiger partial charge in [0.1, 0.15) is 5.56 Å². The number of aromatic nitrogens is 2. The van der Waals surface area contributed by atoms with Crippen molar-refractivity contribution in [1.82, 2.24) is 15.1 Å². The van der Waals surface area contributed by atoms with Crippen molar-refractivity contribution >= 4 is 5.91 Å². The van der Waals surface area contributed by atoms with Gasteiger partial charge in [-0.05, 0) is 42.9 Å². The van der Waals surface area contributed by atoms with Crippen LogP contribution in [0.4, 0.5) is 0 Å². The first-order valence-electron chi connectivity index (χ1n) is 7.64. The van der Waals surface area contributed by atoms with Crippen molar-refractivity contribution in [3.05, 3.63) is 22.1 Å². The summed E-state index contributed by atoms with van der Waals surface area (Å²) in [4.78, 5) is 24.2. The molecule has 0 aliphatic heterocycles. The van der Waals surface area contributed by atoms with Gasteiger partial charge in [0.05, 0.1) is 0 Å². The molecule has 2 N–H and O–H groups in total. The first-order valence-corrected chi connectivity index (χ1v) is 7.64. The highest BCUT2D eigenvalue weighted by molar-refractivity contribution is 5.94. The lowest BCUT2D eigenvalue weighted by Gasteiger charge is -2.64. The molecular formula is C15H21N3O2. The van der Waals surface area contributed by atoms with E-state index in [1.54, 1.807) is 7.05 Å². The molecule has 4 unspecified atom stereocenters. The molecule has 1 amide bonds. The Kier molecular flexibility index (Phi) is 2.44. The third-order valence-corrected chi connectivity index (χ3v) is 5.89. The van der Waals surface area contributed by atoms with E-state index in [4.69, 9.17) is 0 Å². The highest BCUT2D eigenvalue weighted by Gasteiger charge is 2.59. The van der Waals surface area contributed by atoms with Gasteiger partial charge in [0.25, 0.3) is 11.5 Å². The molecule has 5 heteroatoms. The number of carbonyl (C=O) groups excluding carboxylic acids is 1. The van der Waals surface area contributed by atoms with E-state index in [0.29, 0.717) is 17.4 Å². The normalized spacial score (nSPS) is 38.1. The fraction of sp³-hybridized carbons (Fsp3) is 0.733. The summed E-state index contributed by atoms with van der Waals surface area (Å²) in [7, 11) is 1.63. The molecule has 5 nitrogen and oxygen atoms in total. The second kappa shape index (κ2) is 3.99. The van der Waals surface area contributed by atoms with Crippen LogP contribution in [0.2, 0.25) is 0 Å². The van der Waals surface area contributed by atoms with Crippen LogP contribution in [0, 0.1) is 17.3 Å². The van der Waals surface area contributed by atoms with Gasteiger partial charge in [0, 0.05) is 19.3 Å². The minimum atomic E-state index is -0.244. The maximum Gasteiger partial charge on any atom is 0.279 e. The zero-order chi connectivity index (χ0) is 13.9. The van der Waals surface area contributed by atoms with Crippen LogP contribution < -0.4 is 10.9 Å². The molecule has 4 aliphatic carbocycles. The Balaban J connectivity index is 1.54. The third kappa shape index (κ3) is 1.55. The Morgan fingerprint density at radius 2 is 2.35 bits per heavy atom. The number of rotatable bonds is 2. The summed E-state index contributed by atoms with van der Waals surface area (Å²) >= 11 is 0. The Hall–Kier alpha value is -1.52. The van der Waals surface area contributed by atoms with Crippen molar-refractivity contribution in [2.24, 2.45) is 24.3 Å². The molecule has 3 bridgehead atoms. The molecule has 4 saturated carbocycles. The van der Waals surface area contributed by atoms with Crippen molar-refractivity contribution < 1.29 is 4.79 Å². The van der Waals surface area contributed by atoms with Crippen LogP contribution in [0.15, 0.2) is 11.0 Å². The maximum absolute atomic E-state index is 12.3. The molecule has 1 aromatic rings. The maximum atomic E-state index is 12.3. The Labute approximate surface area is 117 Å². The number of hydrogen-bond donors (Lipinski definition) is 2. The quantitative estimate of drug-likeness (QED) is 0.857. The highest BCUT2D eigenvalue weighted by Crippen LogP contribution is 2.63. The van der Waals surface area contributed by atoms with Crippen molar-refractivity contribution in [3.63, 3.8) is 0 Å². The van der Waals surface area contributed by atoms with Crippen LogP contribution in [-0.2, 0) is 7.05 Å². The average molecular weight is 275 g/mol. The summed E-state index contributed by atoms with van der Waals surface area (Å²) in [6.07, 6.45) is 9.24. The van der Waals surface area contributed by atoms with E-state index in [1.165, 1.54) is 49.4 Å². The Morgan fingerprint density at radius 3 is 3.10 bits per heavy atom. The van der Waals surface area contributed by atoms with Gasteiger partial charge in [0.15, 0.2) is 0 Å². The second-order valence-corrected chi connectivity index (χ2v) is 7.03. The average Bonchev–Trinajstić information content (AvgIpc) is 2.76. The molecule has 4 fully saturated rings. The van der Waals surface area contributed by atoms with E-state index in [1.807, 2.05) is 0 Å². The van der Waals surface area contributed by atoms with E-state index in [-0.39, 0.29) is 17.0 Å². The van der Waals surface area contributed by atoms with Gasteiger partial charge in [-0.3, -0.25) is 14.3 Å². The fourth-order valence-electron chi connectivity index (χ4n) is 5.06. The molecule has 5 rings (SSSR count). The third-order valence-electron chi connectivity index (χ3n) is 5.89. The van der Waals surface area contributed by atoms with Gasteiger partial charge in [0.2, 0.25) is 0 Å². The molecule has 0 aromatic carbocycles. The van der Waals surface area contributed by atoms with E-state index in [9.17, 15) is 9.59 Å². The van der Waals surface area contributed by atoms with Gasteiger partial charge < -0.3 is 10.4 Å². The smallest absolute Gasteiger partial charge is 0.279 e. The second-order valence-electron chi connectivity index (χ2n) is 7.03. The summed E-state index contributed by atoms with van der Waals surface area (Å²) in [5, 5.41) is 5.93. The largest absolute Gasteiger partial charge is 0.348 e. The minimum Gasteiger partial charge on any atom is -0.348 e. The highest BCUT2D eigenvalue weighted by atomic mass is 16.2. The number of nitrogens with zero attached hydrogens (tertiary/aromatic N) is 1. The number of H-pyrrole nitrogens is 1. The van der Waals surface area contributed by atoms with E-state index >= 15 is 0 Å². The van der Waals surface area contributed by atoms with Gasteiger partial charge in [-0.1, -0.05) is 12.8 Å². The first kappa shape index (κ1) is 12.2. The number of aromatic amines is 1. The Morgan fingerprint density at radius 1 is 1.50 bits per heavy atom.